The largest absolute Gasteiger partial charge is 0.508 e. The maximum absolute atomic E-state index is 10.4. The molecule has 0 atom stereocenters. The van der Waals surface area contributed by atoms with Crippen molar-refractivity contribution >= 4 is 43.1 Å². The van der Waals surface area contributed by atoms with Gasteiger partial charge in [0.15, 0.2) is 0 Å². The summed E-state index contributed by atoms with van der Waals surface area (Å²) in [6.45, 7) is 0. The van der Waals surface area contributed by atoms with Gasteiger partial charge in [0.05, 0.1) is 0 Å². The third-order valence-electron chi connectivity index (χ3n) is 8.05. The van der Waals surface area contributed by atoms with Crippen LogP contribution in [-0.2, 0) is 0 Å². The molecule has 8 aromatic rings. The van der Waals surface area contributed by atoms with Crippen LogP contribution in [0.15, 0.2) is 146 Å². The minimum Gasteiger partial charge on any atom is -0.508 e. The summed E-state index contributed by atoms with van der Waals surface area (Å²) < 4.78 is 0. The third kappa shape index (κ3) is 4.99. The van der Waals surface area contributed by atoms with E-state index in [2.05, 4.69) is 24.3 Å². The second-order valence-electron chi connectivity index (χ2n) is 10.9. The summed E-state index contributed by atoms with van der Waals surface area (Å²) in [6, 6.07) is 46.0. The van der Waals surface area contributed by atoms with Crippen LogP contribution >= 0.6 is 0 Å². The number of fused-ring (bicyclic) bond motifs is 4. The zero-order valence-corrected chi connectivity index (χ0v) is 23.6. The van der Waals surface area contributed by atoms with Crippen molar-refractivity contribution in [3.05, 3.63) is 146 Å². The summed E-state index contributed by atoms with van der Waals surface area (Å²) in [6.07, 6.45) is 0. The molecular formula is C40H28O4. The molecule has 0 aliphatic rings. The molecule has 0 radical (unpaired) electrons. The van der Waals surface area contributed by atoms with Gasteiger partial charge >= 0.3 is 0 Å². The smallest absolute Gasteiger partial charge is 0.124 e. The Bertz CT molecular complexity index is 2170. The lowest BCUT2D eigenvalue weighted by Gasteiger charge is -2.14. The van der Waals surface area contributed by atoms with E-state index in [4.69, 9.17) is 0 Å². The Morgan fingerprint density at radius 2 is 0.659 bits per heavy atom. The predicted octanol–water partition coefficient (Wildman–Crippen LogP) is 10.1. The molecule has 0 aliphatic heterocycles. The highest BCUT2D eigenvalue weighted by Gasteiger charge is 2.16. The first-order valence-corrected chi connectivity index (χ1v) is 14.3. The first kappa shape index (κ1) is 26.9. The summed E-state index contributed by atoms with van der Waals surface area (Å²) >= 11 is 0. The van der Waals surface area contributed by atoms with Crippen LogP contribution in [0.3, 0.4) is 0 Å². The van der Waals surface area contributed by atoms with E-state index in [-0.39, 0.29) is 23.0 Å². The first-order valence-electron chi connectivity index (χ1n) is 14.3. The van der Waals surface area contributed by atoms with Crippen molar-refractivity contribution in [3.63, 3.8) is 0 Å². The standard InChI is InChI=1S/2C20H14O2/c21-19-7-5-15-9-13(1-3-17(15)11-19)14-2-4-18-12-20(22)8-6-16(18)10-14;21-17-11-9-13-5-1-3-7-15(13)19(17)20-16-8-4-2-6-14(16)10-12-18(20)22/h2*1-12,21-22H. The number of benzene rings is 8. The van der Waals surface area contributed by atoms with Crippen LogP contribution in [0, 0.1) is 0 Å². The maximum atomic E-state index is 10.4. The third-order valence-corrected chi connectivity index (χ3v) is 8.05. The Balaban J connectivity index is 0.000000142. The van der Waals surface area contributed by atoms with Crippen LogP contribution in [-0.4, -0.2) is 20.4 Å². The van der Waals surface area contributed by atoms with Crippen molar-refractivity contribution in [1.82, 2.24) is 0 Å². The molecular weight excluding hydrogens is 544 g/mol. The molecule has 0 bridgehead atoms. The maximum Gasteiger partial charge on any atom is 0.124 e. The fourth-order valence-corrected chi connectivity index (χ4v) is 5.87. The van der Waals surface area contributed by atoms with E-state index in [1.165, 1.54) is 0 Å². The number of hydrogen-bond acceptors (Lipinski definition) is 4. The quantitative estimate of drug-likeness (QED) is 0.166. The predicted molar refractivity (Wildman–Crippen MR) is 180 cm³/mol. The summed E-state index contributed by atoms with van der Waals surface area (Å²) in [4.78, 5) is 0. The molecule has 0 aromatic heterocycles. The van der Waals surface area contributed by atoms with Crippen LogP contribution in [0.25, 0.3) is 65.3 Å². The zero-order valence-electron chi connectivity index (χ0n) is 23.6. The van der Waals surface area contributed by atoms with E-state index in [0.29, 0.717) is 11.1 Å². The molecule has 0 unspecified atom stereocenters. The Hall–Kier alpha value is -6.00. The van der Waals surface area contributed by atoms with Gasteiger partial charge in [-0.3, -0.25) is 0 Å². The number of rotatable bonds is 2. The van der Waals surface area contributed by atoms with Gasteiger partial charge < -0.3 is 20.4 Å². The van der Waals surface area contributed by atoms with Gasteiger partial charge in [-0.05, 0) is 103 Å². The first-order chi connectivity index (χ1) is 21.4. The Morgan fingerprint density at radius 3 is 1.11 bits per heavy atom. The molecule has 0 saturated carbocycles. The van der Waals surface area contributed by atoms with Crippen LogP contribution in [0.1, 0.15) is 0 Å². The van der Waals surface area contributed by atoms with Crippen molar-refractivity contribution < 1.29 is 20.4 Å². The number of aromatic hydroxyl groups is 4. The van der Waals surface area contributed by atoms with E-state index in [0.717, 1.165) is 54.2 Å². The van der Waals surface area contributed by atoms with Gasteiger partial charge in [0.25, 0.3) is 0 Å². The van der Waals surface area contributed by atoms with E-state index in [1.807, 2.05) is 84.9 Å². The molecule has 4 N–H and O–H groups in total. The van der Waals surface area contributed by atoms with Gasteiger partial charge in [0.1, 0.15) is 23.0 Å². The molecule has 8 aromatic carbocycles. The van der Waals surface area contributed by atoms with Crippen LogP contribution in [0.4, 0.5) is 0 Å². The van der Waals surface area contributed by atoms with Gasteiger partial charge in [-0.15, -0.1) is 0 Å². The normalized spacial score (nSPS) is 11.1. The van der Waals surface area contributed by atoms with E-state index in [9.17, 15) is 20.4 Å². The average molecular weight is 573 g/mol. The van der Waals surface area contributed by atoms with Crippen molar-refractivity contribution in [2.75, 3.05) is 0 Å². The molecule has 0 amide bonds. The molecule has 0 fully saturated rings. The fourth-order valence-electron chi connectivity index (χ4n) is 5.87. The van der Waals surface area contributed by atoms with Gasteiger partial charge in [0, 0.05) is 11.1 Å². The summed E-state index contributed by atoms with van der Waals surface area (Å²) in [5.41, 5.74) is 3.61. The van der Waals surface area contributed by atoms with Gasteiger partial charge in [-0.2, -0.15) is 0 Å². The summed E-state index contributed by atoms with van der Waals surface area (Å²) in [5.74, 6) is 0.909. The molecule has 4 heteroatoms. The lowest BCUT2D eigenvalue weighted by molar-refractivity contribution is 0.470. The van der Waals surface area contributed by atoms with Crippen molar-refractivity contribution in [2.45, 2.75) is 0 Å². The lowest BCUT2D eigenvalue weighted by Crippen LogP contribution is -1.86. The monoisotopic (exact) mass is 572 g/mol. The van der Waals surface area contributed by atoms with Crippen LogP contribution < -0.4 is 0 Å². The second kappa shape index (κ2) is 11.0. The summed E-state index contributed by atoms with van der Waals surface area (Å²) in [5, 5.41) is 48.1. The van der Waals surface area contributed by atoms with Crippen molar-refractivity contribution in [3.8, 4) is 45.3 Å². The highest BCUT2D eigenvalue weighted by Crippen LogP contribution is 2.44. The minimum atomic E-state index is 0.172. The highest BCUT2D eigenvalue weighted by atomic mass is 16.3. The van der Waals surface area contributed by atoms with Gasteiger partial charge in [-0.25, -0.2) is 0 Å². The average Bonchev–Trinajstić information content (AvgIpc) is 3.05. The molecule has 4 nitrogen and oxygen atoms in total. The van der Waals surface area contributed by atoms with Gasteiger partial charge in [0.2, 0.25) is 0 Å². The molecule has 0 saturated heterocycles. The lowest BCUT2D eigenvalue weighted by atomic mass is 9.92. The molecule has 0 heterocycles. The topological polar surface area (TPSA) is 80.9 Å². The van der Waals surface area contributed by atoms with E-state index in [1.54, 1.807) is 36.4 Å². The SMILES string of the molecule is Oc1ccc2cc(-c3ccc4cc(O)ccc4c3)ccc2c1.Oc1ccc2ccccc2c1-c1c(O)ccc2ccccc12. The van der Waals surface area contributed by atoms with E-state index >= 15 is 0 Å². The molecule has 8 rings (SSSR count). The minimum absolute atomic E-state index is 0.172. The van der Waals surface area contributed by atoms with Gasteiger partial charge in [-0.1, -0.05) is 97.1 Å². The molecule has 212 valence electrons. The van der Waals surface area contributed by atoms with Crippen molar-refractivity contribution in [2.24, 2.45) is 0 Å². The molecule has 0 aliphatic carbocycles. The summed E-state index contributed by atoms with van der Waals surface area (Å²) in [7, 11) is 0. The second-order valence-corrected chi connectivity index (χ2v) is 10.9. The Kier molecular flexibility index (Phi) is 6.72. The number of hydrogen-bond donors (Lipinski definition) is 4. The fraction of sp³-hybridized carbons (Fsp3) is 0. The van der Waals surface area contributed by atoms with Crippen LogP contribution in [0.2, 0.25) is 0 Å². The molecule has 0 spiro atoms. The zero-order chi connectivity index (χ0) is 30.2. The Labute approximate surface area is 254 Å². The Morgan fingerprint density at radius 1 is 0.295 bits per heavy atom. The molecule has 44 heavy (non-hydrogen) atoms. The highest BCUT2D eigenvalue weighted by molar-refractivity contribution is 6.09. The number of phenols is 4. The number of phenolic OH excluding ortho intramolecular Hbond substituents is 4. The van der Waals surface area contributed by atoms with E-state index < -0.39 is 0 Å². The van der Waals surface area contributed by atoms with Crippen molar-refractivity contribution in [1.29, 1.82) is 0 Å². The van der Waals surface area contributed by atoms with Crippen LogP contribution in [0.5, 0.6) is 23.0 Å².